The molecule has 1 saturated heterocycles. The van der Waals surface area contributed by atoms with E-state index in [0.717, 1.165) is 0 Å². The van der Waals surface area contributed by atoms with Crippen molar-refractivity contribution in [2.75, 3.05) is 6.54 Å². The van der Waals surface area contributed by atoms with Crippen molar-refractivity contribution in [1.29, 1.82) is 0 Å². The third kappa shape index (κ3) is 4.21. The van der Waals surface area contributed by atoms with Crippen LogP contribution in [0.1, 0.15) is 35.7 Å². The van der Waals surface area contributed by atoms with Gasteiger partial charge >= 0.3 is 5.51 Å². The number of benzene rings is 1. The monoisotopic (exact) mass is 362 g/mol. The molecule has 1 aliphatic rings. The molecule has 1 aliphatic heterocycles. The Labute approximate surface area is 141 Å². The first kappa shape index (κ1) is 18.6. The highest BCUT2D eigenvalue weighted by molar-refractivity contribution is 8.00. The predicted molar refractivity (Wildman–Crippen MR) is 81.7 cm³/mol. The molecule has 0 bridgehead atoms. The van der Waals surface area contributed by atoms with Gasteiger partial charge in [0.25, 0.3) is 11.8 Å². The number of nitrogens with one attached hydrogen (secondary N) is 1. The van der Waals surface area contributed by atoms with E-state index < -0.39 is 23.4 Å². The van der Waals surface area contributed by atoms with Crippen molar-refractivity contribution < 1.29 is 28.0 Å². The minimum absolute atomic E-state index is 0.00103. The largest absolute Gasteiger partial charge is 0.446 e. The average molecular weight is 362 g/mol. The van der Waals surface area contributed by atoms with Gasteiger partial charge in [-0.2, -0.15) is 13.2 Å². The molecule has 0 radical (unpaired) electrons. The Kier molecular flexibility index (Phi) is 5.76. The van der Waals surface area contributed by atoms with Crippen molar-refractivity contribution in [3.8, 4) is 0 Å². The number of halogens is 3. The van der Waals surface area contributed by atoms with Gasteiger partial charge in [-0.25, -0.2) is 5.48 Å². The number of amides is 2. The lowest BCUT2D eigenvalue weighted by Crippen LogP contribution is -2.57. The minimum Gasteiger partial charge on any atom is -0.326 e. The maximum absolute atomic E-state index is 12.7. The summed E-state index contributed by atoms with van der Waals surface area (Å²) in [6.45, 7) is 2.18. The van der Waals surface area contributed by atoms with E-state index in [1.165, 1.54) is 28.6 Å². The molecule has 1 fully saturated rings. The maximum Gasteiger partial charge on any atom is 0.446 e. The molecule has 2 N–H and O–H groups in total. The molecule has 1 aromatic rings. The van der Waals surface area contributed by atoms with Crippen LogP contribution < -0.4 is 5.48 Å². The summed E-state index contributed by atoms with van der Waals surface area (Å²) in [7, 11) is 0. The van der Waals surface area contributed by atoms with Gasteiger partial charge in [0.2, 0.25) is 0 Å². The second-order valence-electron chi connectivity index (χ2n) is 5.40. The van der Waals surface area contributed by atoms with Crippen molar-refractivity contribution in [2.24, 2.45) is 0 Å². The number of aryl methyl sites for hydroxylation is 1. The first-order valence-electron chi connectivity index (χ1n) is 7.40. The van der Waals surface area contributed by atoms with Crippen molar-refractivity contribution in [2.45, 2.75) is 42.6 Å². The van der Waals surface area contributed by atoms with Crippen LogP contribution in [0.25, 0.3) is 0 Å². The summed E-state index contributed by atoms with van der Waals surface area (Å²) in [5.74, 6) is -1.23. The standard InChI is InChI=1S/C15H17F3N2O3S/c1-2-3-9-4-5-10(8-12(9)24-15(16,17)18)14(22)20-7-6-11(20)13(21)19-23/h4-5,8,11,23H,2-3,6-7H2,1H3,(H,19,21)/t11-/m1/s1. The van der Waals surface area contributed by atoms with E-state index in [1.54, 1.807) is 0 Å². The zero-order chi connectivity index (χ0) is 17.9. The van der Waals surface area contributed by atoms with Crippen LogP contribution in [0.2, 0.25) is 0 Å². The molecule has 2 amide bonds. The molecule has 5 nitrogen and oxygen atoms in total. The number of alkyl halides is 3. The molecule has 1 aromatic carbocycles. The van der Waals surface area contributed by atoms with Crippen LogP contribution >= 0.6 is 11.8 Å². The molecule has 0 aromatic heterocycles. The summed E-state index contributed by atoms with van der Waals surface area (Å²) in [6.07, 6.45) is 1.56. The molecule has 2 rings (SSSR count). The van der Waals surface area contributed by atoms with E-state index in [4.69, 9.17) is 5.21 Å². The molecule has 132 valence electrons. The zero-order valence-corrected chi connectivity index (χ0v) is 13.7. The Morgan fingerprint density at radius 2 is 2.12 bits per heavy atom. The SMILES string of the molecule is CCCc1ccc(C(=O)N2CC[C@@H]2C(=O)NO)cc1SC(F)(F)F. The number of rotatable bonds is 5. The predicted octanol–water partition coefficient (Wildman–Crippen LogP) is 2.97. The van der Waals surface area contributed by atoms with Gasteiger partial charge in [-0.3, -0.25) is 14.8 Å². The first-order valence-corrected chi connectivity index (χ1v) is 8.22. The number of hydrogen-bond acceptors (Lipinski definition) is 4. The summed E-state index contributed by atoms with van der Waals surface area (Å²) in [4.78, 5) is 25.1. The summed E-state index contributed by atoms with van der Waals surface area (Å²) in [5.41, 5.74) is -2.33. The van der Waals surface area contributed by atoms with Gasteiger partial charge in [0, 0.05) is 17.0 Å². The first-order chi connectivity index (χ1) is 11.3. The van der Waals surface area contributed by atoms with Crippen LogP contribution in [0.5, 0.6) is 0 Å². The lowest BCUT2D eigenvalue weighted by molar-refractivity contribution is -0.137. The Bertz CT molecular complexity index is 637. The van der Waals surface area contributed by atoms with E-state index in [-0.39, 0.29) is 22.2 Å². The highest BCUT2D eigenvalue weighted by Gasteiger charge is 2.38. The fourth-order valence-corrected chi connectivity index (χ4v) is 3.26. The molecule has 1 heterocycles. The Hall–Kier alpha value is -1.74. The second kappa shape index (κ2) is 7.43. The molecule has 0 saturated carbocycles. The van der Waals surface area contributed by atoms with Crippen LogP contribution in [0, 0.1) is 0 Å². The second-order valence-corrected chi connectivity index (χ2v) is 6.51. The number of hydrogen-bond donors (Lipinski definition) is 2. The van der Waals surface area contributed by atoms with Gasteiger partial charge in [-0.1, -0.05) is 19.4 Å². The molecule has 1 atom stereocenters. The van der Waals surface area contributed by atoms with Crippen molar-refractivity contribution in [3.63, 3.8) is 0 Å². The van der Waals surface area contributed by atoms with Gasteiger partial charge in [-0.05, 0) is 42.3 Å². The zero-order valence-electron chi connectivity index (χ0n) is 12.9. The molecule has 0 unspecified atom stereocenters. The van der Waals surface area contributed by atoms with Crippen LogP contribution in [0.4, 0.5) is 13.2 Å². The van der Waals surface area contributed by atoms with Gasteiger partial charge in [0.05, 0.1) is 0 Å². The molecule has 0 spiro atoms. The quantitative estimate of drug-likeness (QED) is 0.480. The minimum atomic E-state index is -4.44. The Balaban J connectivity index is 2.25. The number of hydroxylamine groups is 1. The Morgan fingerprint density at radius 3 is 2.62 bits per heavy atom. The number of likely N-dealkylation sites (tertiary alicyclic amines) is 1. The van der Waals surface area contributed by atoms with E-state index in [0.29, 0.717) is 31.4 Å². The summed E-state index contributed by atoms with van der Waals surface area (Å²) in [5, 5.41) is 8.64. The van der Waals surface area contributed by atoms with E-state index in [1.807, 2.05) is 6.92 Å². The van der Waals surface area contributed by atoms with Crippen molar-refractivity contribution >= 4 is 23.6 Å². The number of thioether (sulfide) groups is 1. The molecular weight excluding hydrogens is 345 g/mol. The fraction of sp³-hybridized carbons (Fsp3) is 0.467. The summed E-state index contributed by atoms with van der Waals surface area (Å²) >= 11 is -0.242. The highest BCUT2D eigenvalue weighted by atomic mass is 32.2. The van der Waals surface area contributed by atoms with Gasteiger partial charge in [0.1, 0.15) is 6.04 Å². The topological polar surface area (TPSA) is 69.6 Å². The Morgan fingerprint density at radius 1 is 1.42 bits per heavy atom. The van der Waals surface area contributed by atoms with Gasteiger partial charge in [-0.15, -0.1) is 0 Å². The molecule has 0 aliphatic carbocycles. The van der Waals surface area contributed by atoms with Gasteiger partial charge in [0.15, 0.2) is 0 Å². The molecule has 24 heavy (non-hydrogen) atoms. The molecule has 9 heteroatoms. The number of carbonyl (C=O) groups is 2. The van der Waals surface area contributed by atoms with Crippen LogP contribution in [0.3, 0.4) is 0 Å². The normalized spacial score (nSPS) is 17.4. The molecular formula is C15H17F3N2O3S. The summed E-state index contributed by atoms with van der Waals surface area (Å²) < 4.78 is 38.2. The average Bonchev–Trinajstić information content (AvgIpc) is 2.46. The van der Waals surface area contributed by atoms with Crippen LogP contribution in [-0.2, 0) is 11.2 Å². The summed E-state index contributed by atoms with van der Waals surface area (Å²) in [6, 6.07) is 3.42. The lowest BCUT2D eigenvalue weighted by atomic mass is 9.99. The smallest absolute Gasteiger partial charge is 0.326 e. The van der Waals surface area contributed by atoms with E-state index >= 15 is 0 Å². The maximum atomic E-state index is 12.7. The van der Waals surface area contributed by atoms with Crippen molar-refractivity contribution in [3.05, 3.63) is 29.3 Å². The third-order valence-electron chi connectivity index (χ3n) is 3.75. The third-order valence-corrected chi connectivity index (χ3v) is 4.58. The fourth-order valence-electron chi connectivity index (χ4n) is 2.53. The number of nitrogens with zero attached hydrogens (tertiary/aromatic N) is 1. The van der Waals surface area contributed by atoms with Gasteiger partial charge < -0.3 is 4.90 Å². The van der Waals surface area contributed by atoms with Crippen molar-refractivity contribution in [1.82, 2.24) is 10.4 Å². The highest BCUT2D eigenvalue weighted by Crippen LogP contribution is 2.39. The van der Waals surface area contributed by atoms with Crippen LogP contribution in [-0.4, -0.2) is 40.0 Å². The van der Waals surface area contributed by atoms with E-state index in [2.05, 4.69) is 0 Å². The lowest BCUT2D eigenvalue weighted by Gasteiger charge is -2.39. The van der Waals surface area contributed by atoms with E-state index in [9.17, 15) is 22.8 Å². The number of carbonyl (C=O) groups excluding carboxylic acids is 2. The van der Waals surface area contributed by atoms with Crippen LogP contribution in [0.15, 0.2) is 23.1 Å².